The van der Waals surface area contributed by atoms with Crippen molar-refractivity contribution in [3.8, 4) is 0 Å². The van der Waals surface area contributed by atoms with E-state index < -0.39 is 5.60 Å². The van der Waals surface area contributed by atoms with Crippen molar-refractivity contribution in [2.75, 3.05) is 5.75 Å². The number of aromatic nitrogens is 1. The van der Waals surface area contributed by atoms with E-state index in [9.17, 15) is 9.90 Å². The Morgan fingerprint density at radius 2 is 1.70 bits per heavy atom. The van der Waals surface area contributed by atoms with E-state index in [1.165, 1.54) is 5.56 Å². The summed E-state index contributed by atoms with van der Waals surface area (Å²) in [5.74, 6) is 0.663. The second-order valence-corrected chi connectivity index (χ2v) is 15.7. The Hall–Kier alpha value is -3.94. The van der Waals surface area contributed by atoms with Gasteiger partial charge in [-0.3, -0.25) is 4.79 Å². The summed E-state index contributed by atoms with van der Waals surface area (Å²) in [6.07, 6.45) is 8.31. The van der Waals surface area contributed by atoms with Crippen LogP contribution in [0.1, 0.15) is 91.3 Å². The number of aryl methyl sites for hydroxylation is 1. The van der Waals surface area contributed by atoms with Crippen LogP contribution < -0.4 is 5.48 Å². The molecule has 1 heterocycles. The number of hydrogen-bond donors (Lipinski definition) is 2. The maximum absolute atomic E-state index is 13.0. The molecule has 0 spiro atoms. The smallest absolute Gasteiger partial charge is 0.325 e. The first-order valence-electron chi connectivity index (χ1n) is 17.3. The van der Waals surface area contributed by atoms with Gasteiger partial charge in [-0.05, 0) is 104 Å². The summed E-state index contributed by atoms with van der Waals surface area (Å²) < 4.78 is 0. The van der Waals surface area contributed by atoms with E-state index in [1.807, 2.05) is 111 Å². The van der Waals surface area contributed by atoms with Gasteiger partial charge in [0.1, 0.15) is 0 Å². The van der Waals surface area contributed by atoms with Crippen LogP contribution in [0.5, 0.6) is 0 Å². The Bertz CT molecular complexity index is 1950. The van der Waals surface area contributed by atoms with Crippen LogP contribution in [-0.4, -0.2) is 21.8 Å². The lowest BCUT2D eigenvalue weighted by molar-refractivity contribution is -0.154. The van der Waals surface area contributed by atoms with Crippen molar-refractivity contribution < 1.29 is 14.7 Å². The van der Waals surface area contributed by atoms with Gasteiger partial charge in [0.15, 0.2) is 0 Å². The zero-order chi connectivity index (χ0) is 35.1. The fourth-order valence-corrected chi connectivity index (χ4v) is 8.08. The number of halogens is 1. The lowest BCUT2D eigenvalue weighted by Gasteiger charge is -2.24. The standard InChI is InChI=1S/C43H45ClN2O3S/c1-30(32-11-5-4-6-12-32)46-49-41(47)28-43(24-25-43)29-50-40(23-19-33-13-7-8-15-38(33)42(2,3)48)35-14-9-10-31(26-35)16-21-37-22-18-34-17-20-36(44)27-39(34)45-37/h4-18,20-22,26-27,30,40,46,48H,19,23-25,28-29H2,1-3H3/b21-16+/t30?,40-/m1/s1. The number of carbonyl (C=O) groups excluding carboxylic acids is 1. The number of hydroxylamine groups is 1. The van der Waals surface area contributed by atoms with E-state index in [0.717, 1.165) is 70.3 Å². The largest absolute Gasteiger partial charge is 0.386 e. The van der Waals surface area contributed by atoms with Crippen molar-refractivity contribution in [2.45, 2.75) is 69.8 Å². The van der Waals surface area contributed by atoms with Crippen LogP contribution in [0.15, 0.2) is 109 Å². The molecule has 0 bridgehead atoms. The van der Waals surface area contributed by atoms with Crippen LogP contribution in [-0.2, 0) is 21.7 Å². The molecule has 1 saturated carbocycles. The predicted molar refractivity (Wildman–Crippen MR) is 208 cm³/mol. The van der Waals surface area contributed by atoms with Crippen LogP contribution >= 0.6 is 23.4 Å². The molecule has 7 heteroatoms. The quantitative estimate of drug-likeness (QED) is 0.106. The summed E-state index contributed by atoms with van der Waals surface area (Å²) in [6, 6.07) is 36.6. The molecule has 4 aromatic carbocycles. The number of hydrogen-bond acceptors (Lipinski definition) is 6. The van der Waals surface area contributed by atoms with Gasteiger partial charge in [-0.2, -0.15) is 11.8 Å². The predicted octanol–water partition coefficient (Wildman–Crippen LogP) is 10.7. The first-order valence-corrected chi connectivity index (χ1v) is 18.8. The van der Waals surface area contributed by atoms with Gasteiger partial charge in [0.05, 0.1) is 29.3 Å². The second-order valence-electron chi connectivity index (χ2n) is 14.0. The molecule has 1 aliphatic carbocycles. The van der Waals surface area contributed by atoms with Crippen LogP contribution in [0, 0.1) is 5.41 Å². The zero-order valence-electron chi connectivity index (χ0n) is 28.9. The number of nitrogens with one attached hydrogen (secondary N) is 1. The number of nitrogens with zero attached hydrogens (tertiary/aromatic N) is 1. The van der Waals surface area contributed by atoms with Gasteiger partial charge in [-0.1, -0.05) is 109 Å². The van der Waals surface area contributed by atoms with Crippen molar-refractivity contribution in [3.05, 3.63) is 148 Å². The molecule has 0 saturated heterocycles. The van der Waals surface area contributed by atoms with E-state index in [-0.39, 0.29) is 22.7 Å². The highest BCUT2D eigenvalue weighted by molar-refractivity contribution is 7.99. The van der Waals surface area contributed by atoms with Gasteiger partial charge in [-0.15, -0.1) is 5.48 Å². The Morgan fingerprint density at radius 1 is 0.960 bits per heavy atom. The second kappa shape index (κ2) is 15.9. The molecule has 1 aliphatic rings. The van der Waals surface area contributed by atoms with E-state index >= 15 is 0 Å². The molecular formula is C43H45ClN2O3S. The van der Waals surface area contributed by atoms with Crippen molar-refractivity contribution in [1.29, 1.82) is 0 Å². The van der Waals surface area contributed by atoms with E-state index in [1.54, 1.807) is 0 Å². The number of pyridine rings is 1. The third-order valence-corrected chi connectivity index (χ3v) is 11.4. The number of carbonyl (C=O) groups is 1. The molecule has 0 aliphatic heterocycles. The van der Waals surface area contributed by atoms with Gasteiger partial charge in [0, 0.05) is 21.4 Å². The number of aliphatic hydroxyl groups is 1. The topological polar surface area (TPSA) is 71.5 Å². The summed E-state index contributed by atoms with van der Waals surface area (Å²) in [4.78, 5) is 23.3. The molecule has 0 radical (unpaired) electrons. The number of thioether (sulfide) groups is 1. The van der Waals surface area contributed by atoms with Crippen molar-refractivity contribution in [2.24, 2.45) is 5.41 Å². The molecule has 1 fully saturated rings. The average Bonchev–Trinajstić information content (AvgIpc) is 3.88. The molecule has 2 N–H and O–H groups in total. The Labute approximate surface area is 305 Å². The van der Waals surface area contributed by atoms with E-state index in [0.29, 0.717) is 11.4 Å². The highest BCUT2D eigenvalue weighted by atomic mass is 35.5. The highest BCUT2D eigenvalue weighted by Crippen LogP contribution is 2.53. The monoisotopic (exact) mass is 704 g/mol. The first-order chi connectivity index (χ1) is 24.1. The lowest BCUT2D eigenvalue weighted by atomic mass is 9.90. The minimum Gasteiger partial charge on any atom is -0.386 e. The van der Waals surface area contributed by atoms with Crippen molar-refractivity contribution in [1.82, 2.24) is 10.5 Å². The zero-order valence-corrected chi connectivity index (χ0v) is 30.5. The highest BCUT2D eigenvalue weighted by Gasteiger charge is 2.45. The van der Waals surface area contributed by atoms with Crippen molar-refractivity contribution >= 4 is 52.4 Å². The fraction of sp³-hybridized carbons (Fsp3) is 0.302. The summed E-state index contributed by atoms with van der Waals surface area (Å²) in [7, 11) is 0. The SMILES string of the molecule is CC(NOC(=O)CC1(CS[C@H](CCc2ccccc2C(C)(C)O)c2cccc(/C=C/c3ccc4ccc(Cl)cc4n3)c2)CC1)c1ccccc1. The molecule has 258 valence electrons. The minimum atomic E-state index is -0.920. The molecule has 1 aromatic heterocycles. The molecule has 2 atom stereocenters. The summed E-state index contributed by atoms with van der Waals surface area (Å²) >= 11 is 8.14. The number of fused-ring (bicyclic) bond motifs is 1. The van der Waals surface area contributed by atoms with Gasteiger partial charge < -0.3 is 9.94 Å². The maximum atomic E-state index is 13.0. The van der Waals surface area contributed by atoms with Crippen LogP contribution in [0.25, 0.3) is 23.1 Å². The Balaban J connectivity index is 1.16. The van der Waals surface area contributed by atoms with Gasteiger partial charge in [-0.25, -0.2) is 4.98 Å². The van der Waals surface area contributed by atoms with Crippen LogP contribution in [0.4, 0.5) is 0 Å². The number of benzene rings is 4. The van der Waals surface area contributed by atoms with E-state index in [2.05, 4.69) is 48.0 Å². The molecular weight excluding hydrogens is 660 g/mol. The Morgan fingerprint density at radius 3 is 2.48 bits per heavy atom. The fourth-order valence-electron chi connectivity index (χ4n) is 6.34. The third kappa shape index (κ3) is 9.64. The van der Waals surface area contributed by atoms with Gasteiger partial charge >= 0.3 is 5.97 Å². The maximum Gasteiger partial charge on any atom is 0.325 e. The molecule has 5 nitrogen and oxygen atoms in total. The average molecular weight is 705 g/mol. The molecule has 6 rings (SSSR count). The summed E-state index contributed by atoms with van der Waals surface area (Å²) in [5, 5.41) is 12.8. The van der Waals surface area contributed by atoms with Gasteiger partial charge in [0.2, 0.25) is 0 Å². The molecule has 0 amide bonds. The van der Waals surface area contributed by atoms with E-state index in [4.69, 9.17) is 21.4 Å². The molecule has 5 aromatic rings. The normalized spacial score (nSPS) is 15.2. The first kappa shape index (κ1) is 35.9. The summed E-state index contributed by atoms with van der Waals surface area (Å²) in [5.41, 5.74) is 9.25. The lowest BCUT2D eigenvalue weighted by Crippen LogP contribution is -2.25. The van der Waals surface area contributed by atoms with Crippen molar-refractivity contribution in [3.63, 3.8) is 0 Å². The third-order valence-electron chi connectivity index (χ3n) is 9.47. The number of rotatable bonds is 15. The molecule has 1 unspecified atom stereocenters. The molecule has 50 heavy (non-hydrogen) atoms. The minimum absolute atomic E-state index is 0.0508. The van der Waals surface area contributed by atoms with Crippen LogP contribution in [0.2, 0.25) is 5.02 Å². The van der Waals surface area contributed by atoms with Gasteiger partial charge in [0.25, 0.3) is 0 Å². The Kier molecular flexibility index (Phi) is 11.4. The van der Waals surface area contributed by atoms with Crippen LogP contribution in [0.3, 0.4) is 0 Å². The summed E-state index contributed by atoms with van der Waals surface area (Å²) in [6.45, 7) is 5.68.